The second-order valence-corrected chi connectivity index (χ2v) is 4.03. The Balaban J connectivity index is 2.95. The van der Waals surface area contributed by atoms with Gasteiger partial charge in [-0.15, -0.1) is 0 Å². The van der Waals surface area contributed by atoms with Crippen molar-refractivity contribution in [2.24, 2.45) is 0 Å². The highest BCUT2D eigenvalue weighted by molar-refractivity contribution is 5.41. The fraction of sp³-hybridized carbons (Fsp3) is 0.222. The fourth-order valence-corrected chi connectivity index (χ4v) is 1.64. The standard InChI is InChI=1S/C18H22/c1-3-5-7-9-13-17-15-11-12-16-18(17)14-10-8-6-4-2/h3,5-9,11-16H,4,10H2,1-2H3/b5-3+,8-6-,9-7+,17-13+,18-14+. The fourth-order valence-electron chi connectivity index (χ4n) is 1.64. The Bertz CT molecular complexity index is 527. The van der Waals surface area contributed by atoms with Crippen LogP contribution in [-0.4, -0.2) is 0 Å². The van der Waals surface area contributed by atoms with E-state index in [1.165, 1.54) is 10.4 Å². The Morgan fingerprint density at radius 3 is 2.44 bits per heavy atom. The largest absolute Gasteiger partial charge is 0.0885 e. The van der Waals surface area contributed by atoms with Crippen molar-refractivity contribution >= 4 is 12.2 Å². The van der Waals surface area contributed by atoms with Crippen molar-refractivity contribution in [3.63, 3.8) is 0 Å². The minimum Gasteiger partial charge on any atom is -0.0885 e. The topological polar surface area (TPSA) is 0 Å². The molecule has 0 saturated carbocycles. The van der Waals surface area contributed by atoms with Crippen LogP contribution in [0.25, 0.3) is 12.2 Å². The Kier molecular flexibility index (Phi) is 7.31. The molecule has 18 heavy (non-hydrogen) atoms. The molecule has 0 radical (unpaired) electrons. The van der Waals surface area contributed by atoms with E-state index in [0.717, 1.165) is 12.8 Å². The first-order valence-corrected chi connectivity index (χ1v) is 6.58. The summed E-state index contributed by atoms with van der Waals surface area (Å²) in [6.07, 6.45) is 19.1. The molecule has 0 fully saturated rings. The number of hydrogen-bond donors (Lipinski definition) is 0. The van der Waals surface area contributed by atoms with Gasteiger partial charge in [0.15, 0.2) is 0 Å². The van der Waals surface area contributed by atoms with Crippen molar-refractivity contribution in [3.05, 3.63) is 71.2 Å². The molecular formula is C18H22. The zero-order chi connectivity index (χ0) is 13.1. The monoisotopic (exact) mass is 238 g/mol. The normalized spacial score (nSPS) is 14.6. The number of rotatable bonds is 5. The van der Waals surface area contributed by atoms with Crippen LogP contribution < -0.4 is 10.4 Å². The van der Waals surface area contributed by atoms with E-state index in [1.54, 1.807) is 0 Å². The van der Waals surface area contributed by atoms with Crippen LogP contribution >= 0.6 is 0 Å². The summed E-state index contributed by atoms with van der Waals surface area (Å²) in [5.74, 6) is 0. The molecular weight excluding hydrogens is 216 g/mol. The van der Waals surface area contributed by atoms with Gasteiger partial charge in [0.1, 0.15) is 0 Å². The second-order valence-electron chi connectivity index (χ2n) is 4.03. The molecule has 0 aliphatic rings. The number of allylic oxidation sites excluding steroid dienone is 6. The van der Waals surface area contributed by atoms with E-state index in [9.17, 15) is 0 Å². The summed E-state index contributed by atoms with van der Waals surface area (Å²) >= 11 is 0. The minimum atomic E-state index is 0.997. The summed E-state index contributed by atoms with van der Waals surface area (Å²) in [7, 11) is 0. The summed E-state index contributed by atoms with van der Waals surface area (Å²) in [5, 5.41) is 2.56. The van der Waals surface area contributed by atoms with Crippen molar-refractivity contribution in [1.29, 1.82) is 0 Å². The molecule has 0 heteroatoms. The molecule has 0 heterocycles. The number of benzene rings is 1. The molecule has 0 aliphatic carbocycles. The van der Waals surface area contributed by atoms with E-state index in [4.69, 9.17) is 0 Å². The molecule has 1 rings (SSSR count). The molecule has 1 aromatic rings. The Labute approximate surface area is 110 Å². The predicted octanol–water partition coefficient (Wildman–Crippen LogP) is 3.74. The van der Waals surface area contributed by atoms with Crippen molar-refractivity contribution in [2.45, 2.75) is 26.7 Å². The third-order valence-electron chi connectivity index (χ3n) is 2.56. The maximum atomic E-state index is 2.27. The molecule has 94 valence electrons. The lowest BCUT2D eigenvalue weighted by Crippen LogP contribution is -2.23. The smallest absolute Gasteiger partial charge is 0.0160 e. The summed E-state index contributed by atoms with van der Waals surface area (Å²) in [4.78, 5) is 0. The van der Waals surface area contributed by atoms with Crippen molar-refractivity contribution < 1.29 is 0 Å². The molecule has 0 aliphatic heterocycles. The first-order valence-electron chi connectivity index (χ1n) is 6.58. The van der Waals surface area contributed by atoms with Gasteiger partial charge in [-0.3, -0.25) is 0 Å². The summed E-state index contributed by atoms with van der Waals surface area (Å²) in [6, 6.07) is 8.47. The van der Waals surface area contributed by atoms with E-state index in [1.807, 2.05) is 25.2 Å². The SMILES string of the molecule is C/C=C/C=C/C=c1\cccc\c1=C/C/C=C\CC. The molecule has 0 nitrogen and oxygen atoms in total. The van der Waals surface area contributed by atoms with Crippen LogP contribution in [0.4, 0.5) is 0 Å². The average molecular weight is 238 g/mol. The maximum Gasteiger partial charge on any atom is -0.0160 e. The third-order valence-corrected chi connectivity index (χ3v) is 2.56. The van der Waals surface area contributed by atoms with Gasteiger partial charge < -0.3 is 0 Å². The quantitative estimate of drug-likeness (QED) is 0.541. The molecule has 0 bridgehead atoms. The van der Waals surface area contributed by atoms with Gasteiger partial charge in [0.2, 0.25) is 0 Å². The minimum absolute atomic E-state index is 0.997. The molecule has 0 amide bonds. The lowest BCUT2D eigenvalue weighted by Gasteiger charge is -1.89. The maximum absolute atomic E-state index is 2.27. The predicted molar refractivity (Wildman–Crippen MR) is 82.6 cm³/mol. The van der Waals surface area contributed by atoms with Gasteiger partial charge >= 0.3 is 0 Å². The van der Waals surface area contributed by atoms with Crippen molar-refractivity contribution in [1.82, 2.24) is 0 Å². The van der Waals surface area contributed by atoms with Crippen LogP contribution in [0.1, 0.15) is 26.7 Å². The van der Waals surface area contributed by atoms with Gasteiger partial charge in [-0.1, -0.05) is 79.8 Å². The van der Waals surface area contributed by atoms with Crippen LogP contribution in [0.3, 0.4) is 0 Å². The van der Waals surface area contributed by atoms with Crippen LogP contribution in [0, 0.1) is 0 Å². The molecule has 0 unspecified atom stereocenters. The second kappa shape index (κ2) is 9.23. The summed E-state index contributed by atoms with van der Waals surface area (Å²) < 4.78 is 0. The zero-order valence-electron chi connectivity index (χ0n) is 11.3. The van der Waals surface area contributed by atoms with Crippen LogP contribution in [0.5, 0.6) is 0 Å². The van der Waals surface area contributed by atoms with Gasteiger partial charge in [0.25, 0.3) is 0 Å². The van der Waals surface area contributed by atoms with Crippen LogP contribution in [0.15, 0.2) is 60.7 Å². The molecule has 0 spiro atoms. The van der Waals surface area contributed by atoms with E-state index in [0.29, 0.717) is 0 Å². The summed E-state index contributed by atoms with van der Waals surface area (Å²) in [6.45, 7) is 4.18. The van der Waals surface area contributed by atoms with Gasteiger partial charge in [-0.05, 0) is 30.2 Å². The summed E-state index contributed by atoms with van der Waals surface area (Å²) in [5.41, 5.74) is 0. The van der Waals surface area contributed by atoms with Gasteiger partial charge in [-0.2, -0.15) is 0 Å². The van der Waals surface area contributed by atoms with Gasteiger partial charge in [0.05, 0.1) is 0 Å². The zero-order valence-corrected chi connectivity index (χ0v) is 11.3. The van der Waals surface area contributed by atoms with Crippen LogP contribution in [0.2, 0.25) is 0 Å². The third kappa shape index (κ3) is 5.49. The Morgan fingerprint density at radius 2 is 1.72 bits per heavy atom. The lowest BCUT2D eigenvalue weighted by atomic mass is 10.2. The highest BCUT2D eigenvalue weighted by atomic mass is 13.9. The lowest BCUT2D eigenvalue weighted by molar-refractivity contribution is 1.21. The molecule has 0 saturated heterocycles. The van der Waals surface area contributed by atoms with E-state index >= 15 is 0 Å². The average Bonchev–Trinajstić information content (AvgIpc) is 2.41. The highest BCUT2D eigenvalue weighted by Gasteiger charge is 1.82. The Morgan fingerprint density at radius 1 is 0.944 bits per heavy atom. The molecule has 0 atom stereocenters. The van der Waals surface area contributed by atoms with Crippen LogP contribution in [-0.2, 0) is 0 Å². The first kappa shape index (κ1) is 14.2. The van der Waals surface area contributed by atoms with Gasteiger partial charge in [0, 0.05) is 0 Å². The van der Waals surface area contributed by atoms with E-state index in [2.05, 4.69) is 61.6 Å². The molecule has 1 aromatic carbocycles. The van der Waals surface area contributed by atoms with Crippen molar-refractivity contribution in [2.75, 3.05) is 0 Å². The van der Waals surface area contributed by atoms with Gasteiger partial charge in [-0.25, -0.2) is 0 Å². The van der Waals surface area contributed by atoms with E-state index in [-0.39, 0.29) is 0 Å². The first-order chi connectivity index (χ1) is 8.88. The molecule has 0 aromatic heterocycles. The highest BCUT2D eigenvalue weighted by Crippen LogP contribution is 1.87. The Hall–Kier alpha value is -1.82. The van der Waals surface area contributed by atoms with E-state index < -0.39 is 0 Å². The van der Waals surface area contributed by atoms with Crippen molar-refractivity contribution in [3.8, 4) is 0 Å². The molecule has 0 N–H and O–H groups in total. The number of hydrogen-bond acceptors (Lipinski definition) is 0.